The molecule has 2 N–H and O–H groups in total. The van der Waals surface area contributed by atoms with E-state index >= 15 is 0 Å². The maximum atomic E-state index is 10.8. The van der Waals surface area contributed by atoms with E-state index < -0.39 is 11.7 Å². The lowest BCUT2D eigenvalue weighted by molar-refractivity contribution is -0.177. The number of carbonyl (C=O) groups excluding carboxylic acids is 1. The molecule has 11 heavy (non-hydrogen) atoms. The first-order valence-corrected chi connectivity index (χ1v) is 3.21. The third kappa shape index (κ3) is 0.970. The molecular formula is C6H9NO4. The second-order valence-corrected chi connectivity index (χ2v) is 2.57. The highest BCUT2D eigenvalue weighted by molar-refractivity contribution is 5.89. The van der Waals surface area contributed by atoms with Gasteiger partial charge in [-0.1, -0.05) is 0 Å². The zero-order chi connectivity index (χ0) is 8.65. The van der Waals surface area contributed by atoms with Gasteiger partial charge in [0.05, 0.1) is 0 Å². The molecule has 5 nitrogen and oxygen atoms in total. The maximum absolute atomic E-state index is 10.8. The highest BCUT2D eigenvalue weighted by atomic mass is 16.4. The number of nitrogens with zero attached hydrogens (tertiary/aromatic N) is 1. The Balaban J connectivity index is 2.89. The first-order chi connectivity index (χ1) is 4.98. The van der Waals surface area contributed by atoms with Gasteiger partial charge in [-0.15, -0.1) is 0 Å². The minimum absolute atomic E-state index is 0.0301. The van der Waals surface area contributed by atoms with Crippen molar-refractivity contribution in [3.63, 3.8) is 0 Å². The van der Waals surface area contributed by atoms with Gasteiger partial charge in [-0.2, -0.15) is 0 Å². The molecular weight excluding hydrogens is 150 g/mol. The molecule has 0 unspecified atom stereocenters. The van der Waals surface area contributed by atoms with Gasteiger partial charge in [-0.25, -0.2) is 4.79 Å². The minimum Gasteiger partial charge on any atom is -0.478 e. The predicted molar refractivity (Wildman–Crippen MR) is 34.6 cm³/mol. The van der Waals surface area contributed by atoms with Crippen LogP contribution in [0.4, 0.5) is 0 Å². The quantitative estimate of drug-likeness (QED) is 0.515. The second-order valence-electron chi connectivity index (χ2n) is 2.57. The first kappa shape index (κ1) is 8.00. The molecule has 0 saturated carbocycles. The van der Waals surface area contributed by atoms with E-state index in [0.717, 1.165) is 4.90 Å². The average molecular weight is 159 g/mol. The zero-order valence-corrected chi connectivity index (χ0v) is 6.07. The lowest BCUT2D eigenvalue weighted by Crippen LogP contribution is -2.49. The lowest BCUT2D eigenvalue weighted by atomic mass is 10.1. The van der Waals surface area contributed by atoms with Crippen molar-refractivity contribution in [1.29, 1.82) is 0 Å². The molecule has 1 fully saturated rings. The van der Waals surface area contributed by atoms with E-state index in [1.165, 1.54) is 7.05 Å². The van der Waals surface area contributed by atoms with Crippen LogP contribution in [0.15, 0.2) is 0 Å². The smallest absolute Gasteiger partial charge is 0.357 e. The number of rotatable bonds is 1. The summed E-state index contributed by atoms with van der Waals surface area (Å²) in [4.78, 5) is 22.1. The third-order valence-corrected chi connectivity index (χ3v) is 1.96. The van der Waals surface area contributed by atoms with Crippen molar-refractivity contribution >= 4 is 11.9 Å². The molecule has 0 bridgehead atoms. The van der Waals surface area contributed by atoms with Crippen LogP contribution in [0.25, 0.3) is 0 Å². The van der Waals surface area contributed by atoms with Gasteiger partial charge in [0.1, 0.15) is 0 Å². The summed E-state index contributed by atoms with van der Waals surface area (Å²) in [5.74, 6) is -1.71. The number of carboxylic acid groups (broad SMARTS) is 1. The molecule has 1 saturated heterocycles. The van der Waals surface area contributed by atoms with Gasteiger partial charge in [-0.3, -0.25) is 4.79 Å². The molecule has 0 aliphatic carbocycles. The fourth-order valence-corrected chi connectivity index (χ4v) is 1.07. The van der Waals surface area contributed by atoms with Crippen LogP contribution in [0, 0.1) is 0 Å². The van der Waals surface area contributed by atoms with Crippen molar-refractivity contribution in [2.45, 2.75) is 18.6 Å². The van der Waals surface area contributed by atoms with Crippen LogP contribution in [0.5, 0.6) is 0 Å². The summed E-state index contributed by atoms with van der Waals surface area (Å²) in [5, 5.41) is 17.8. The molecule has 0 aromatic rings. The number of hydrogen-bond acceptors (Lipinski definition) is 3. The number of carboxylic acids is 1. The number of amides is 1. The Morgan fingerprint density at radius 2 is 2.27 bits per heavy atom. The van der Waals surface area contributed by atoms with E-state index in [0.29, 0.717) is 0 Å². The molecule has 0 aromatic heterocycles. The van der Waals surface area contributed by atoms with Crippen LogP contribution in [-0.4, -0.2) is 39.8 Å². The molecule has 5 heteroatoms. The van der Waals surface area contributed by atoms with Gasteiger partial charge in [0.2, 0.25) is 11.6 Å². The van der Waals surface area contributed by atoms with Crippen molar-refractivity contribution < 1.29 is 19.8 Å². The van der Waals surface area contributed by atoms with Crippen molar-refractivity contribution in [3.8, 4) is 0 Å². The first-order valence-electron chi connectivity index (χ1n) is 3.21. The standard InChI is InChI=1S/C6H9NO4/c1-7-4(8)2-3-6(7,11)5(9)10/h11H,2-3H2,1H3,(H,9,10)/t6-/m1/s1. The largest absolute Gasteiger partial charge is 0.478 e. The topological polar surface area (TPSA) is 77.8 Å². The van der Waals surface area contributed by atoms with Gasteiger partial charge >= 0.3 is 5.97 Å². The van der Waals surface area contributed by atoms with Gasteiger partial charge in [0.15, 0.2) is 0 Å². The number of hydrogen-bond donors (Lipinski definition) is 2. The number of carbonyl (C=O) groups is 2. The minimum atomic E-state index is -1.98. The van der Waals surface area contributed by atoms with Crippen molar-refractivity contribution in [2.75, 3.05) is 7.05 Å². The van der Waals surface area contributed by atoms with Crippen LogP contribution in [0.3, 0.4) is 0 Å². The second kappa shape index (κ2) is 2.20. The third-order valence-electron chi connectivity index (χ3n) is 1.96. The fraction of sp³-hybridized carbons (Fsp3) is 0.667. The molecule has 1 atom stereocenters. The van der Waals surface area contributed by atoms with Crippen LogP contribution in [0.1, 0.15) is 12.8 Å². The maximum Gasteiger partial charge on any atom is 0.357 e. The highest BCUT2D eigenvalue weighted by Crippen LogP contribution is 2.25. The van der Waals surface area contributed by atoms with E-state index in [1.54, 1.807) is 0 Å². The summed E-state index contributed by atoms with van der Waals surface area (Å²) in [7, 11) is 1.28. The summed E-state index contributed by atoms with van der Waals surface area (Å²) < 4.78 is 0. The monoisotopic (exact) mass is 159 g/mol. The molecule has 0 radical (unpaired) electrons. The molecule has 0 spiro atoms. The van der Waals surface area contributed by atoms with Crippen LogP contribution < -0.4 is 0 Å². The molecule has 1 aliphatic rings. The Labute approximate surface area is 63.2 Å². The van der Waals surface area contributed by atoms with E-state index in [2.05, 4.69) is 0 Å². The van der Waals surface area contributed by atoms with E-state index in [4.69, 9.17) is 5.11 Å². The Kier molecular flexibility index (Phi) is 1.60. The van der Waals surface area contributed by atoms with E-state index in [1.807, 2.05) is 0 Å². The average Bonchev–Trinajstić information content (AvgIpc) is 2.18. The fourth-order valence-electron chi connectivity index (χ4n) is 1.07. The molecule has 1 aliphatic heterocycles. The lowest BCUT2D eigenvalue weighted by Gasteiger charge is -2.25. The van der Waals surface area contributed by atoms with Crippen molar-refractivity contribution in [2.24, 2.45) is 0 Å². The van der Waals surface area contributed by atoms with E-state index in [-0.39, 0.29) is 18.7 Å². The normalized spacial score (nSPS) is 31.1. The predicted octanol–water partition coefficient (Wildman–Crippen LogP) is -0.988. The number of aliphatic carboxylic acids is 1. The van der Waals surface area contributed by atoms with Crippen LogP contribution >= 0.6 is 0 Å². The van der Waals surface area contributed by atoms with Crippen molar-refractivity contribution in [3.05, 3.63) is 0 Å². The molecule has 0 aromatic carbocycles. The Hall–Kier alpha value is -1.10. The van der Waals surface area contributed by atoms with E-state index in [9.17, 15) is 14.7 Å². The molecule has 1 rings (SSSR count). The summed E-state index contributed by atoms with van der Waals surface area (Å²) >= 11 is 0. The van der Waals surface area contributed by atoms with Gasteiger partial charge in [-0.05, 0) is 0 Å². The Morgan fingerprint density at radius 3 is 2.45 bits per heavy atom. The summed E-state index contributed by atoms with van der Waals surface area (Å²) in [6, 6.07) is 0. The molecule has 1 heterocycles. The summed E-state index contributed by atoms with van der Waals surface area (Å²) in [5.41, 5.74) is -1.98. The molecule has 62 valence electrons. The SMILES string of the molecule is CN1C(=O)CC[C@@]1(O)C(=O)O. The summed E-state index contributed by atoms with van der Waals surface area (Å²) in [6.45, 7) is 0. The highest BCUT2D eigenvalue weighted by Gasteiger charge is 2.48. The zero-order valence-electron chi connectivity index (χ0n) is 6.07. The van der Waals surface area contributed by atoms with Gasteiger partial charge < -0.3 is 15.1 Å². The molecule has 1 amide bonds. The van der Waals surface area contributed by atoms with Crippen LogP contribution in [-0.2, 0) is 9.59 Å². The summed E-state index contributed by atoms with van der Waals surface area (Å²) in [6.07, 6.45) is 0.0664. The number of likely N-dealkylation sites (N-methyl/N-ethyl adjacent to an activating group) is 1. The van der Waals surface area contributed by atoms with Crippen molar-refractivity contribution in [1.82, 2.24) is 4.90 Å². The van der Waals surface area contributed by atoms with Gasteiger partial charge in [0.25, 0.3) is 0 Å². The Morgan fingerprint density at radius 1 is 1.73 bits per heavy atom. The number of aliphatic hydroxyl groups is 1. The Bertz CT molecular complexity index is 215. The van der Waals surface area contributed by atoms with Crippen LogP contribution in [0.2, 0.25) is 0 Å². The van der Waals surface area contributed by atoms with Gasteiger partial charge in [0, 0.05) is 19.9 Å². The number of likely N-dealkylation sites (tertiary alicyclic amines) is 1.